The zero-order chi connectivity index (χ0) is 14.7. The molecule has 1 aliphatic rings. The number of aromatic nitrogens is 1. The molecular formula is C17H23N3O. The quantitative estimate of drug-likeness (QED) is 0.934. The van der Waals surface area contributed by atoms with Crippen molar-refractivity contribution in [3.05, 3.63) is 42.2 Å². The summed E-state index contributed by atoms with van der Waals surface area (Å²) >= 11 is 0. The van der Waals surface area contributed by atoms with Crippen LogP contribution < -0.4 is 5.32 Å². The molecule has 1 aliphatic heterocycles. The Hall–Kier alpha value is -1.49. The largest absolute Gasteiger partial charge is 0.374 e. The Morgan fingerprint density at radius 3 is 3.14 bits per heavy atom. The summed E-state index contributed by atoms with van der Waals surface area (Å²) in [5.74, 6) is 0. The Morgan fingerprint density at radius 1 is 1.43 bits per heavy atom. The Bertz CT molecular complexity index is 596. The van der Waals surface area contributed by atoms with Gasteiger partial charge in [0.15, 0.2) is 0 Å². The van der Waals surface area contributed by atoms with Crippen molar-refractivity contribution in [1.82, 2.24) is 15.2 Å². The smallest absolute Gasteiger partial charge is 0.0897 e. The van der Waals surface area contributed by atoms with Gasteiger partial charge in [0.05, 0.1) is 18.8 Å². The highest BCUT2D eigenvalue weighted by molar-refractivity contribution is 5.85. The van der Waals surface area contributed by atoms with Gasteiger partial charge in [-0.1, -0.05) is 25.1 Å². The number of ether oxygens (including phenoxy) is 1. The molecule has 0 amide bonds. The molecule has 1 saturated heterocycles. The summed E-state index contributed by atoms with van der Waals surface area (Å²) in [6, 6.07) is 8.70. The topological polar surface area (TPSA) is 37.4 Å². The molecule has 3 rings (SSSR count). The monoisotopic (exact) mass is 285 g/mol. The fourth-order valence-corrected chi connectivity index (χ4v) is 3.18. The van der Waals surface area contributed by atoms with E-state index in [0.717, 1.165) is 26.2 Å². The van der Waals surface area contributed by atoms with E-state index in [0.29, 0.717) is 0 Å². The van der Waals surface area contributed by atoms with Gasteiger partial charge in [0.1, 0.15) is 0 Å². The Kier molecular flexibility index (Phi) is 4.48. The van der Waals surface area contributed by atoms with Crippen molar-refractivity contribution in [3.8, 4) is 0 Å². The molecule has 0 aliphatic carbocycles. The average Bonchev–Trinajstić information content (AvgIpc) is 2.56. The van der Waals surface area contributed by atoms with Crippen molar-refractivity contribution in [2.24, 2.45) is 0 Å². The first kappa shape index (κ1) is 14.4. The number of benzene rings is 1. The van der Waals surface area contributed by atoms with Gasteiger partial charge in [0.25, 0.3) is 0 Å². The minimum atomic E-state index is 0.183. The minimum Gasteiger partial charge on any atom is -0.374 e. The molecule has 112 valence electrons. The SMILES string of the molecule is CCN1CCOC(C(NC)c2cccc3cnccc23)C1. The number of fused-ring (bicyclic) bond motifs is 1. The Balaban J connectivity index is 1.94. The first-order chi connectivity index (χ1) is 10.3. The van der Waals surface area contributed by atoms with Gasteiger partial charge in [-0.2, -0.15) is 0 Å². The van der Waals surface area contributed by atoms with Gasteiger partial charge in [-0.25, -0.2) is 0 Å². The predicted octanol–water partition coefficient (Wildman–Crippen LogP) is 2.22. The molecular weight excluding hydrogens is 262 g/mol. The van der Waals surface area contributed by atoms with E-state index in [1.165, 1.54) is 16.3 Å². The zero-order valence-corrected chi connectivity index (χ0v) is 12.7. The van der Waals surface area contributed by atoms with Gasteiger partial charge in [-0.15, -0.1) is 0 Å². The highest BCUT2D eigenvalue weighted by atomic mass is 16.5. The van der Waals surface area contributed by atoms with Crippen LogP contribution in [0.25, 0.3) is 10.8 Å². The molecule has 4 nitrogen and oxygen atoms in total. The third-order valence-corrected chi connectivity index (χ3v) is 4.36. The fraction of sp³-hybridized carbons (Fsp3) is 0.471. The molecule has 1 aromatic heterocycles. The second-order valence-electron chi connectivity index (χ2n) is 5.51. The molecule has 1 aromatic carbocycles. The van der Waals surface area contributed by atoms with Gasteiger partial charge in [-0.05, 0) is 30.6 Å². The lowest BCUT2D eigenvalue weighted by Gasteiger charge is -2.37. The number of morpholine rings is 1. The highest BCUT2D eigenvalue weighted by Crippen LogP contribution is 2.28. The molecule has 2 aromatic rings. The summed E-state index contributed by atoms with van der Waals surface area (Å²) in [5.41, 5.74) is 1.29. The summed E-state index contributed by atoms with van der Waals surface area (Å²) in [5, 5.41) is 5.89. The molecule has 2 unspecified atom stereocenters. The summed E-state index contributed by atoms with van der Waals surface area (Å²) < 4.78 is 6.05. The number of nitrogens with zero attached hydrogens (tertiary/aromatic N) is 2. The third-order valence-electron chi connectivity index (χ3n) is 4.36. The molecule has 0 radical (unpaired) electrons. The molecule has 2 atom stereocenters. The number of rotatable bonds is 4. The molecule has 4 heteroatoms. The lowest BCUT2D eigenvalue weighted by Crippen LogP contribution is -2.47. The Morgan fingerprint density at radius 2 is 2.33 bits per heavy atom. The highest BCUT2D eigenvalue weighted by Gasteiger charge is 2.28. The summed E-state index contributed by atoms with van der Waals surface area (Å²) in [4.78, 5) is 6.67. The lowest BCUT2D eigenvalue weighted by molar-refractivity contribution is -0.0442. The number of pyridine rings is 1. The van der Waals surface area contributed by atoms with Gasteiger partial charge >= 0.3 is 0 Å². The average molecular weight is 285 g/mol. The van der Waals surface area contributed by atoms with Gasteiger partial charge in [0, 0.05) is 30.9 Å². The van der Waals surface area contributed by atoms with Crippen LogP contribution in [0, 0.1) is 0 Å². The van der Waals surface area contributed by atoms with Crippen LogP contribution in [-0.2, 0) is 4.74 Å². The van der Waals surface area contributed by atoms with Crippen molar-refractivity contribution in [2.45, 2.75) is 19.1 Å². The number of hydrogen-bond donors (Lipinski definition) is 1. The second-order valence-corrected chi connectivity index (χ2v) is 5.51. The van der Waals surface area contributed by atoms with Crippen LogP contribution in [-0.4, -0.2) is 49.3 Å². The zero-order valence-electron chi connectivity index (χ0n) is 12.7. The molecule has 1 N–H and O–H groups in total. The van der Waals surface area contributed by atoms with Crippen LogP contribution in [0.2, 0.25) is 0 Å². The van der Waals surface area contributed by atoms with E-state index in [-0.39, 0.29) is 12.1 Å². The second kappa shape index (κ2) is 6.52. The van der Waals surface area contributed by atoms with E-state index in [4.69, 9.17) is 4.74 Å². The van der Waals surface area contributed by atoms with Gasteiger partial charge < -0.3 is 10.1 Å². The predicted molar refractivity (Wildman–Crippen MR) is 85.4 cm³/mol. The van der Waals surface area contributed by atoms with Crippen molar-refractivity contribution < 1.29 is 4.74 Å². The molecule has 21 heavy (non-hydrogen) atoms. The van der Waals surface area contributed by atoms with E-state index in [1.54, 1.807) is 0 Å². The van der Waals surface area contributed by atoms with E-state index < -0.39 is 0 Å². The molecule has 0 spiro atoms. The van der Waals surface area contributed by atoms with E-state index in [1.807, 2.05) is 19.4 Å². The van der Waals surface area contributed by atoms with Crippen molar-refractivity contribution in [3.63, 3.8) is 0 Å². The standard InChI is InChI=1S/C17H23N3O/c1-3-20-9-10-21-16(12-20)17(18-2)15-6-4-5-13-11-19-8-7-14(13)15/h4-8,11,16-18H,3,9-10,12H2,1-2H3. The maximum Gasteiger partial charge on any atom is 0.0897 e. The first-order valence-corrected chi connectivity index (χ1v) is 7.67. The van der Waals surface area contributed by atoms with E-state index in [9.17, 15) is 0 Å². The van der Waals surface area contributed by atoms with Gasteiger partial charge in [0.2, 0.25) is 0 Å². The normalized spacial score (nSPS) is 21.5. The van der Waals surface area contributed by atoms with Crippen molar-refractivity contribution in [1.29, 1.82) is 0 Å². The Labute approximate surface area is 126 Å². The number of likely N-dealkylation sites (N-methyl/N-ethyl adjacent to an activating group) is 2. The summed E-state index contributed by atoms with van der Waals surface area (Å²) in [6.45, 7) is 6.10. The molecule has 0 saturated carbocycles. The van der Waals surface area contributed by atoms with Crippen LogP contribution in [0.3, 0.4) is 0 Å². The molecule has 0 bridgehead atoms. The van der Waals surface area contributed by atoms with Crippen LogP contribution in [0.4, 0.5) is 0 Å². The number of hydrogen-bond acceptors (Lipinski definition) is 4. The first-order valence-electron chi connectivity index (χ1n) is 7.67. The minimum absolute atomic E-state index is 0.183. The molecule has 1 fully saturated rings. The van der Waals surface area contributed by atoms with Crippen LogP contribution in [0.1, 0.15) is 18.5 Å². The number of nitrogens with one attached hydrogen (secondary N) is 1. The van der Waals surface area contributed by atoms with E-state index in [2.05, 4.69) is 46.4 Å². The van der Waals surface area contributed by atoms with Crippen LogP contribution in [0.5, 0.6) is 0 Å². The van der Waals surface area contributed by atoms with Crippen molar-refractivity contribution in [2.75, 3.05) is 33.3 Å². The lowest BCUT2D eigenvalue weighted by atomic mass is 9.95. The maximum absolute atomic E-state index is 6.05. The van der Waals surface area contributed by atoms with Gasteiger partial charge in [-0.3, -0.25) is 9.88 Å². The van der Waals surface area contributed by atoms with Crippen LogP contribution in [0.15, 0.2) is 36.7 Å². The maximum atomic E-state index is 6.05. The third kappa shape index (κ3) is 2.93. The van der Waals surface area contributed by atoms with Crippen LogP contribution >= 0.6 is 0 Å². The van der Waals surface area contributed by atoms with Crippen molar-refractivity contribution >= 4 is 10.8 Å². The fourth-order valence-electron chi connectivity index (χ4n) is 3.18. The molecule has 2 heterocycles. The summed E-state index contributed by atoms with van der Waals surface area (Å²) in [7, 11) is 2.01. The van der Waals surface area contributed by atoms with E-state index >= 15 is 0 Å². The summed E-state index contributed by atoms with van der Waals surface area (Å²) in [6.07, 6.45) is 3.96.